The summed E-state index contributed by atoms with van der Waals surface area (Å²) >= 11 is 0. The molecule has 0 spiro atoms. The minimum Gasteiger partial charge on any atom is -0.494 e. The van der Waals surface area contributed by atoms with Gasteiger partial charge < -0.3 is 15.0 Å². The number of rotatable bonds is 7. The maximum absolute atomic E-state index is 5.80. The number of benzene rings is 2. The van der Waals surface area contributed by atoms with Crippen molar-refractivity contribution in [3.63, 3.8) is 0 Å². The summed E-state index contributed by atoms with van der Waals surface area (Å²) in [7, 11) is 0. The van der Waals surface area contributed by atoms with E-state index in [0.29, 0.717) is 12.5 Å². The first-order valence-electron chi connectivity index (χ1n) is 8.56. The monoisotopic (exact) mass is 323 g/mol. The number of ether oxygens (including phenoxy) is 1. The molecule has 2 N–H and O–H groups in total. The standard InChI is InChI=1S/C20H25N3O/c1-15(2)14-20-22-18-6-3-4-7-19(18)23(20)12-5-13-24-17-10-8-16(21)9-11-17/h3-4,6-11,15H,5,12-14,21H2,1-2H3. The van der Waals surface area contributed by atoms with Gasteiger partial charge in [-0.3, -0.25) is 0 Å². The van der Waals surface area contributed by atoms with E-state index in [1.165, 1.54) is 11.3 Å². The van der Waals surface area contributed by atoms with E-state index in [-0.39, 0.29) is 0 Å². The molecule has 0 saturated heterocycles. The Hall–Kier alpha value is -2.49. The Morgan fingerprint density at radius 2 is 1.83 bits per heavy atom. The smallest absolute Gasteiger partial charge is 0.119 e. The summed E-state index contributed by atoms with van der Waals surface area (Å²) in [6.45, 7) is 6.05. The second-order valence-electron chi connectivity index (χ2n) is 6.54. The number of hydrogen-bond acceptors (Lipinski definition) is 3. The van der Waals surface area contributed by atoms with Crippen molar-refractivity contribution in [2.75, 3.05) is 12.3 Å². The Labute approximate surface area is 143 Å². The Balaban J connectivity index is 1.66. The van der Waals surface area contributed by atoms with Crippen molar-refractivity contribution in [2.24, 2.45) is 5.92 Å². The Kier molecular flexibility index (Phi) is 5.04. The van der Waals surface area contributed by atoms with Crippen LogP contribution in [0.1, 0.15) is 26.1 Å². The number of nitrogens with two attached hydrogens (primary N) is 1. The Bertz CT molecular complexity index is 790. The highest BCUT2D eigenvalue weighted by Gasteiger charge is 2.11. The molecule has 1 aromatic heterocycles. The normalized spacial score (nSPS) is 11.3. The fraction of sp³-hybridized carbons (Fsp3) is 0.350. The van der Waals surface area contributed by atoms with Crippen LogP contribution in [0.25, 0.3) is 11.0 Å². The van der Waals surface area contributed by atoms with E-state index in [1.807, 2.05) is 30.3 Å². The number of nitrogen functional groups attached to an aromatic ring is 1. The first kappa shape index (κ1) is 16.4. The molecule has 0 aliphatic rings. The van der Waals surface area contributed by atoms with E-state index in [0.717, 1.165) is 36.3 Å². The lowest BCUT2D eigenvalue weighted by Gasteiger charge is -2.11. The highest BCUT2D eigenvalue weighted by atomic mass is 16.5. The molecule has 0 unspecified atom stereocenters. The van der Waals surface area contributed by atoms with E-state index in [2.05, 4.69) is 36.6 Å². The summed E-state index contributed by atoms with van der Waals surface area (Å²) in [6, 6.07) is 15.9. The van der Waals surface area contributed by atoms with E-state index >= 15 is 0 Å². The molecule has 0 aliphatic carbocycles. The van der Waals surface area contributed by atoms with Crippen molar-refractivity contribution in [3.05, 3.63) is 54.4 Å². The summed E-state index contributed by atoms with van der Waals surface area (Å²) in [5.41, 5.74) is 8.73. The Morgan fingerprint density at radius 1 is 1.08 bits per heavy atom. The van der Waals surface area contributed by atoms with Gasteiger partial charge in [0.15, 0.2) is 0 Å². The van der Waals surface area contributed by atoms with E-state index in [1.54, 1.807) is 0 Å². The van der Waals surface area contributed by atoms with Gasteiger partial charge in [0.1, 0.15) is 11.6 Å². The zero-order valence-electron chi connectivity index (χ0n) is 14.4. The minimum absolute atomic E-state index is 0.589. The second-order valence-corrected chi connectivity index (χ2v) is 6.54. The van der Waals surface area contributed by atoms with Gasteiger partial charge in [0, 0.05) is 18.7 Å². The van der Waals surface area contributed by atoms with Crippen LogP contribution in [0.3, 0.4) is 0 Å². The van der Waals surface area contributed by atoms with Gasteiger partial charge in [0.25, 0.3) is 0 Å². The molecule has 4 heteroatoms. The third-order valence-corrected chi connectivity index (χ3v) is 4.00. The number of imidazole rings is 1. The Morgan fingerprint density at radius 3 is 2.58 bits per heavy atom. The van der Waals surface area contributed by atoms with Crippen molar-refractivity contribution in [3.8, 4) is 5.75 Å². The van der Waals surface area contributed by atoms with Gasteiger partial charge in [0.05, 0.1) is 17.6 Å². The second kappa shape index (κ2) is 7.39. The lowest BCUT2D eigenvalue weighted by Crippen LogP contribution is -2.09. The van der Waals surface area contributed by atoms with Gasteiger partial charge in [0.2, 0.25) is 0 Å². The van der Waals surface area contributed by atoms with Crippen LogP contribution >= 0.6 is 0 Å². The molecule has 0 amide bonds. The summed E-state index contributed by atoms with van der Waals surface area (Å²) < 4.78 is 8.14. The molecule has 0 saturated carbocycles. The van der Waals surface area contributed by atoms with Gasteiger partial charge in [-0.15, -0.1) is 0 Å². The van der Waals surface area contributed by atoms with E-state index < -0.39 is 0 Å². The van der Waals surface area contributed by atoms with Crippen LogP contribution in [0.2, 0.25) is 0 Å². The summed E-state index contributed by atoms with van der Waals surface area (Å²) in [5, 5.41) is 0. The zero-order valence-corrected chi connectivity index (χ0v) is 14.4. The third kappa shape index (κ3) is 3.88. The van der Waals surface area contributed by atoms with Crippen LogP contribution in [0, 0.1) is 5.92 Å². The first-order valence-corrected chi connectivity index (χ1v) is 8.56. The molecule has 0 aliphatic heterocycles. The van der Waals surface area contributed by atoms with E-state index in [9.17, 15) is 0 Å². The maximum atomic E-state index is 5.80. The molecule has 2 aromatic carbocycles. The molecule has 0 bridgehead atoms. The molecule has 1 heterocycles. The molecule has 0 fully saturated rings. The van der Waals surface area contributed by atoms with Gasteiger partial charge in [-0.25, -0.2) is 4.98 Å². The lowest BCUT2D eigenvalue weighted by molar-refractivity contribution is 0.301. The SMILES string of the molecule is CC(C)Cc1nc2ccccc2n1CCCOc1ccc(N)cc1. The van der Waals surface area contributed by atoms with Crippen molar-refractivity contribution >= 4 is 16.7 Å². The van der Waals surface area contributed by atoms with Crippen molar-refractivity contribution in [1.82, 2.24) is 9.55 Å². The molecule has 24 heavy (non-hydrogen) atoms. The third-order valence-electron chi connectivity index (χ3n) is 4.00. The quantitative estimate of drug-likeness (QED) is 0.521. The van der Waals surface area contributed by atoms with Gasteiger partial charge in [-0.1, -0.05) is 26.0 Å². The predicted molar refractivity (Wildman–Crippen MR) is 99.2 cm³/mol. The molecule has 3 rings (SSSR count). The van der Waals surface area contributed by atoms with E-state index in [4.69, 9.17) is 15.5 Å². The number of aromatic nitrogens is 2. The predicted octanol–water partition coefficient (Wildman–Crippen LogP) is 4.29. The summed E-state index contributed by atoms with van der Waals surface area (Å²) in [5.74, 6) is 2.62. The highest BCUT2D eigenvalue weighted by Crippen LogP contribution is 2.19. The molecular weight excluding hydrogens is 298 g/mol. The highest BCUT2D eigenvalue weighted by molar-refractivity contribution is 5.75. The van der Waals surface area contributed by atoms with Crippen LogP contribution in [-0.4, -0.2) is 16.2 Å². The number of aryl methyl sites for hydroxylation is 1. The molecule has 126 valence electrons. The van der Waals surface area contributed by atoms with Gasteiger partial charge >= 0.3 is 0 Å². The average molecular weight is 323 g/mol. The van der Waals surface area contributed by atoms with Gasteiger partial charge in [-0.2, -0.15) is 0 Å². The number of fused-ring (bicyclic) bond motifs is 1. The van der Waals surface area contributed by atoms with Crippen LogP contribution in [0.15, 0.2) is 48.5 Å². The maximum Gasteiger partial charge on any atom is 0.119 e. The fourth-order valence-electron chi connectivity index (χ4n) is 2.87. The average Bonchev–Trinajstić information content (AvgIpc) is 2.90. The molecule has 0 atom stereocenters. The molecule has 0 radical (unpaired) electrons. The number of para-hydroxylation sites is 2. The van der Waals surface area contributed by atoms with Gasteiger partial charge in [-0.05, 0) is 48.7 Å². The van der Waals surface area contributed by atoms with Crippen molar-refractivity contribution < 1.29 is 4.74 Å². The lowest BCUT2D eigenvalue weighted by atomic mass is 10.1. The largest absolute Gasteiger partial charge is 0.494 e. The molecule has 3 aromatic rings. The van der Waals surface area contributed by atoms with Crippen LogP contribution < -0.4 is 10.5 Å². The van der Waals surface area contributed by atoms with Crippen molar-refractivity contribution in [1.29, 1.82) is 0 Å². The molecular formula is C20H25N3O. The fourth-order valence-corrected chi connectivity index (χ4v) is 2.87. The van der Waals surface area contributed by atoms with Crippen LogP contribution in [0.4, 0.5) is 5.69 Å². The minimum atomic E-state index is 0.589. The number of anilines is 1. The topological polar surface area (TPSA) is 53.1 Å². The summed E-state index contributed by atoms with van der Waals surface area (Å²) in [6.07, 6.45) is 1.93. The van der Waals surface area contributed by atoms with Crippen LogP contribution in [0.5, 0.6) is 5.75 Å². The molecule has 4 nitrogen and oxygen atoms in total. The first-order chi connectivity index (χ1) is 11.6. The van der Waals surface area contributed by atoms with Crippen LogP contribution in [-0.2, 0) is 13.0 Å². The zero-order chi connectivity index (χ0) is 16.9. The summed E-state index contributed by atoms with van der Waals surface area (Å²) in [4.78, 5) is 4.81. The number of nitrogens with zero attached hydrogens (tertiary/aromatic N) is 2. The number of hydrogen-bond donors (Lipinski definition) is 1. The van der Waals surface area contributed by atoms with Crippen molar-refractivity contribution in [2.45, 2.75) is 33.2 Å².